The highest BCUT2D eigenvalue weighted by Crippen LogP contribution is 2.44. The van der Waals surface area contributed by atoms with Gasteiger partial charge in [0.05, 0.1) is 0 Å². The summed E-state index contributed by atoms with van der Waals surface area (Å²) in [5.41, 5.74) is 4.46. The summed E-state index contributed by atoms with van der Waals surface area (Å²) in [5.74, 6) is 0. The Balaban J connectivity index is 0.000000253. The maximum Gasteiger partial charge on any atom is 0.0465 e. The van der Waals surface area contributed by atoms with Crippen LogP contribution in [-0.2, 0) is 0 Å². The number of rotatable bonds is 2. The molecule has 13 heteroatoms. The van der Waals surface area contributed by atoms with E-state index in [0.717, 1.165) is 75.9 Å². The summed E-state index contributed by atoms with van der Waals surface area (Å²) in [4.78, 5) is 0. The Morgan fingerprint density at radius 3 is 0.892 bits per heavy atom. The summed E-state index contributed by atoms with van der Waals surface area (Å²) in [7, 11) is 0. The van der Waals surface area contributed by atoms with E-state index in [1.165, 1.54) is 0 Å². The van der Waals surface area contributed by atoms with Crippen LogP contribution in [0.1, 0.15) is 0 Å². The van der Waals surface area contributed by atoms with Gasteiger partial charge in [0, 0.05) is 53.7 Å². The highest BCUT2D eigenvalue weighted by atomic mass is 79.9. The molecule has 1 nitrogen and oxygen atoms in total. The van der Waals surface area contributed by atoms with Crippen LogP contribution in [-0.4, -0.2) is 5.48 Å². The van der Waals surface area contributed by atoms with Gasteiger partial charge in [0.2, 0.25) is 0 Å². The van der Waals surface area contributed by atoms with Crippen molar-refractivity contribution in [3.8, 4) is 22.3 Å². The number of halogens is 12. The Kier molecular flexibility index (Phi) is 15.4. The van der Waals surface area contributed by atoms with Crippen molar-refractivity contribution < 1.29 is 5.48 Å². The van der Waals surface area contributed by atoms with E-state index in [4.69, 9.17) is 0 Å². The van der Waals surface area contributed by atoms with Crippen LogP contribution in [0, 0.1) is 0 Å². The summed E-state index contributed by atoms with van der Waals surface area (Å²) in [6.07, 6.45) is 0. The molecule has 196 valence electrons. The van der Waals surface area contributed by atoms with Gasteiger partial charge in [-0.1, -0.05) is 44.0 Å². The van der Waals surface area contributed by atoms with Gasteiger partial charge in [-0.3, -0.25) is 0 Å². The molecule has 4 aromatic carbocycles. The fraction of sp³-hybridized carbons (Fsp3) is 0. The topological polar surface area (TPSA) is 31.5 Å². The van der Waals surface area contributed by atoms with Crippen LogP contribution >= 0.6 is 191 Å². The molecule has 0 saturated heterocycles. The van der Waals surface area contributed by atoms with E-state index in [1.54, 1.807) is 0 Å². The normalized spacial score (nSPS) is 10.5. The number of hydrogen-bond donors (Lipinski definition) is 0. The van der Waals surface area contributed by atoms with E-state index in [-0.39, 0.29) is 5.48 Å². The lowest BCUT2D eigenvalue weighted by atomic mass is 10.1. The van der Waals surface area contributed by atoms with Gasteiger partial charge in [-0.15, -0.1) is 0 Å². The third-order valence-corrected chi connectivity index (χ3v) is 16.4. The third kappa shape index (κ3) is 8.81. The Labute approximate surface area is 315 Å². The fourth-order valence-electron chi connectivity index (χ4n) is 2.93. The van der Waals surface area contributed by atoms with Gasteiger partial charge in [0.1, 0.15) is 0 Å². The van der Waals surface area contributed by atoms with E-state index in [9.17, 15) is 0 Å². The molecule has 0 atom stereocenters. The fourth-order valence-corrected chi connectivity index (χ4v) is 9.03. The van der Waals surface area contributed by atoms with Gasteiger partial charge < -0.3 is 5.48 Å². The maximum atomic E-state index is 3.62. The molecule has 4 rings (SSSR count). The molecule has 0 fully saturated rings. The summed E-state index contributed by atoms with van der Waals surface area (Å²) < 4.78 is 12.2. The molecule has 0 spiro atoms. The lowest BCUT2D eigenvalue weighted by Crippen LogP contribution is -1.85. The minimum absolute atomic E-state index is 0. The number of hydrogen-bond acceptors (Lipinski definition) is 0. The van der Waals surface area contributed by atoms with Crippen LogP contribution in [0.15, 0.2) is 102 Å². The van der Waals surface area contributed by atoms with Crippen LogP contribution in [0.5, 0.6) is 0 Å². The van der Waals surface area contributed by atoms with Gasteiger partial charge in [-0.2, -0.15) is 0 Å². The van der Waals surface area contributed by atoms with Gasteiger partial charge in [-0.05, 0) is 218 Å². The molecule has 37 heavy (non-hydrogen) atoms. The predicted octanol–water partition coefficient (Wildman–Crippen LogP) is 15.0. The summed E-state index contributed by atoms with van der Waals surface area (Å²) in [5, 5.41) is 0. The second-order valence-electron chi connectivity index (χ2n) is 6.94. The second kappa shape index (κ2) is 15.9. The molecule has 0 aliphatic heterocycles. The molecule has 0 aliphatic rings. The summed E-state index contributed by atoms with van der Waals surface area (Å²) in [6.45, 7) is 0. The Bertz CT molecular complexity index is 1360. The monoisotopic (exact) mass is 1260 g/mol. The van der Waals surface area contributed by atoms with Crippen molar-refractivity contribution >= 4 is 191 Å². The van der Waals surface area contributed by atoms with Crippen molar-refractivity contribution in [3.05, 3.63) is 102 Å². The maximum absolute atomic E-state index is 3.62. The largest absolute Gasteiger partial charge is 0.412 e. The molecule has 2 N–H and O–H groups in total. The van der Waals surface area contributed by atoms with Gasteiger partial charge in [-0.25, -0.2) is 0 Å². The van der Waals surface area contributed by atoms with Crippen molar-refractivity contribution in [2.45, 2.75) is 0 Å². The average molecular weight is 1270 g/mol. The van der Waals surface area contributed by atoms with Crippen molar-refractivity contribution in [3.63, 3.8) is 0 Å². The zero-order valence-corrected chi connectivity index (χ0v) is 36.7. The van der Waals surface area contributed by atoms with Crippen LogP contribution < -0.4 is 0 Å². The van der Waals surface area contributed by atoms with Crippen molar-refractivity contribution in [1.29, 1.82) is 0 Å². The highest BCUT2D eigenvalue weighted by Gasteiger charge is 2.15. The average Bonchev–Trinajstić information content (AvgIpc) is 2.82. The smallest absolute Gasteiger partial charge is 0.0465 e. The SMILES string of the molecule is Brc1cc(Br)c(-c2ccc(Br)c(Br)c2Br)cc1Br.Brc1cc(Br)c(-c2ccc(Br)c(Br)c2Br)cc1Br.O. The molecule has 0 amide bonds. The minimum Gasteiger partial charge on any atom is -0.412 e. The van der Waals surface area contributed by atoms with E-state index in [0.29, 0.717) is 0 Å². The Morgan fingerprint density at radius 1 is 0.270 bits per heavy atom. The quantitative estimate of drug-likeness (QED) is 0.142. The first kappa shape index (κ1) is 35.8. The molecule has 0 radical (unpaired) electrons. The van der Waals surface area contributed by atoms with Gasteiger partial charge in [0.25, 0.3) is 0 Å². The predicted molar refractivity (Wildman–Crippen MR) is 200 cm³/mol. The second-order valence-corrected chi connectivity index (χ2v) is 16.9. The minimum atomic E-state index is 0. The molecule has 0 unspecified atom stereocenters. The highest BCUT2D eigenvalue weighted by molar-refractivity contribution is 9.15. The first-order valence-electron chi connectivity index (χ1n) is 9.40. The number of benzene rings is 4. The molecule has 0 saturated carbocycles. The van der Waals surface area contributed by atoms with Gasteiger partial charge >= 0.3 is 0 Å². The standard InChI is InChI=1S/2C12H4Br6.H2O/c2*13-7-2-1-5(11(17)12(7)18)6-3-9(15)10(16)4-8(6)14;/h2*1-4H;1H2. The van der Waals surface area contributed by atoms with Crippen molar-refractivity contribution in [2.75, 3.05) is 0 Å². The lowest BCUT2D eigenvalue weighted by molar-refractivity contribution is 0.824. The molecule has 0 bridgehead atoms. The molecule has 0 aliphatic carbocycles. The van der Waals surface area contributed by atoms with E-state index in [2.05, 4.69) is 215 Å². The zero-order valence-electron chi connectivity index (χ0n) is 17.7. The van der Waals surface area contributed by atoms with Crippen molar-refractivity contribution in [1.82, 2.24) is 0 Å². The lowest BCUT2D eigenvalue weighted by Gasteiger charge is -2.11. The van der Waals surface area contributed by atoms with E-state index < -0.39 is 0 Å². The first-order valence-corrected chi connectivity index (χ1v) is 18.9. The van der Waals surface area contributed by atoms with E-state index in [1.807, 2.05) is 24.3 Å². The van der Waals surface area contributed by atoms with Crippen LogP contribution in [0.25, 0.3) is 22.3 Å². The van der Waals surface area contributed by atoms with E-state index >= 15 is 0 Å². The zero-order chi connectivity index (χ0) is 26.9. The molecular formula is C24H10Br12O. The molecular weight excluding hydrogens is 1260 g/mol. The Morgan fingerprint density at radius 2 is 0.568 bits per heavy atom. The molecule has 4 aromatic rings. The Hall–Kier alpha value is 2.60. The van der Waals surface area contributed by atoms with Crippen molar-refractivity contribution in [2.24, 2.45) is 0 Å². The summed E-state index contributed by atoms with van der Waals surface area (Å²) >= 11 is 42.6. The summed E-state index contributed by atoms with van der Waals surface area (Å²) in [6, 6.07) is 16.4. The van der Waals surface area contributed by atoms with Crippen LogP contribution in [0.4, 0.5) is 0 Å². The van der Waals surface area contributed by atoms with Crippen LogP contribution in [0.2, 0.25) is 0 Å². The third-order valence-electron chi connectivity index (χ3n) is 4.67. The first-order chi connectivity index (χ1) is 16.8. The molecule has 0 aromatic heterocycles. The van der Waals surface area contributed by atoms with Crippen LogP contribution in [0.3, 0.4) is 0 Å². The molecule has 0 heterocycles. The van der Waals surface area contributed by atoms with Gasteiger partial charge in [0.15, 0.2) is 0 Å².